The second-order valence-corrected chi connectivity index (χ2v) is 7.47. The molecule has 1 saturated heterocycles. The molecule has 4 rings (SSSR count). The average Bonchev–Trinajstić information content (AvgIpc) is 2.70. The summed E-state index contributed by atoms with van der Waals surface area (Å²) >= 11 is 5.93. The predicted octanol–water partition coefficient (Wildman–Crippen LogP) is 4.19. The molecule has 0 radical (unpaired) electrons. The summed E-state index contributed by atoms with van der Waals surface area (Å²) in [6.07, 6.45) is 2.21. The molecule has 0 bridgehead atoms. The summed E-state index contributed by atoms with van der Waals surface area (Å²) in [6.45, 7) is 1.67. The molecule has 6 heteroatoms. The molecule has 0 aromatic heterocycles. The van der Waals surface area contributed by atoms with Gasteiger partial charge >= 0.3 is 0 Å². The highest BCUT2D eigenvalue weighted by atomic mass is 35.5. The van der Waals surface area contributed by atoms with Crippen molar-refractivity contribution >= 4 is 17.5 Å². The number of methoxy groups -OCH3 is 1. The van der Waals surface area contributed by atoms with Crippen molar-refractivity contribution in [1.29, 1.82) is 0 Å². The third-order valence-electron chi connectivity index (χ3n) is 5.57. The molecule has 0 aliphatic carbocycles. The summed E-state index contributed by atoms with van der Waals surface area (Å²) < 4.78 is 25.6. The molecule has 1 amide bonds. The van der Waals surface area contributed by atoms with Gasteiger partial charge in [-0.3, -0.25) is 4.79 Å². The number of likely N-dealkylation sites (tertiary alicyclic amines) is 1. The molecule has 2 heterocycles. The summed E-state index contributed by atoms with van der Waals surface area (Å²) in [4.78, 5) is 14.4. The van der Waals surface area contributed by atoms with E-state index in [1.165, 1.54) is 29.3 Å². The highest BCUT2D eigenvalue weighted by Crippen LogP contribution is 2.42. The number of hydrogen-bond donors (Lipinski definition) is 0. The Kier molecular flexibility index (Phi) is 4.82. The van der Waals surface area contributed by atoms with Crippen LogP contribution in [-0.2, 0) is 16.8 Å². The van der Waals surface area contributed by atoms with Crippen LogP contribution in [0.4, 0.5) is 4.39 Å². The maximum atomic E-state index is 14.0. The van der Waals surface area contributed by atoms with Crippen LogP contribution in [0.3, 0.4) is 0 Å². The second kappa shape index (κ2) is 7.13. The quantitative estimate of drug-likeness (QED) is 0.773. The van der Waals surface area contributed by atoms with Crippen molar-refractivity contribution in [2.24, 2.45) is 0 Å². The molecule has 2 aromatic rings. The number of nitrogens with zero attached hydrogens (tertiary/aromatic N) is 1. The molecule has 2 aromatic carbocycles. The Morgan fingerprint density at radius 1 is 1.22 bits per heavy atom. The molecule has 142 valence electrons. The molecule has 0 unspecified atom stereocenters. The van der Waals surface area contributed by atoms with Gasteiger partial charge in [-0.25, -0.2) is 4.39 Å². The van der Waals surface area contributed by atoms with Gasteiger partial charge in [-0.15, -0.1) is 0 Å². The van der Waals surface area contributed by atoms with Crippen LogP contribution < -0.4 is 4.74 Å². The number of ether oxygens (including phenoxy) is 2. The number of carbonyl (C=O) groups excluding carboxylic acids is 1. The van der Waals surface area contributed by atoms with Crippen LogP contribution in [0.25, 0.3) is 0 Å². The van der Waals surface area contributed by atoms with Crippen LogP contribution in [-0.4, -0.2) is 37.6 Å². The maximum absolute atomic E-state index is 14.0. The molecule has 1 fully saturated rings. The molecule has 0 atom stereocenters. The zero-order valence-corrected chi connectivity index (χ0v) is 15.9. The van der Waals surface area contributed by atoms with E-state index in [0.29, 0.717) is 37.6 Å². The van der Waals surface area contributed by atoms with E-state index in [1.54, 1.807) is 12.0 Å². The van der Waals surface area contributed by atoms with Crippen molar-refractivity contribution in [3.63, 3.8) is 0 Å². The van der Waals surface area contributed by atoms with Crippen molar-refractivity contribution < 1.29 is 18.7 Å². The second-order valence-electron chi connectivity index (χ2n) is 7.03. The minimum Gasteiger partial charge on any atom is -0.497 e. The van der Waals surface area contributed by atoms with Gasteiger partial charge in [-0.2, -0.15) is 0 Å². The number of rotatable bonds is 2. The monoisotopic (exact) mass is 389 g/mol. The third kappa shape index (κ3) is 3.30. The Balaban J connectivity index is 1.54. The lowest BCUT2D eigenvalue weighted by atomic mass is 9.79. The number of amides is 1. The first-order valence-electron chi connectivity index (χ1n) is 9.08. The zero-order valence-electron chi connectivity index (χ0n) is 15.1. The highest BCUT2D eigenvalue weighted by Gasteiger charge is 2.42. The fourth-order valence-electron chi connectivity index (χ4n) is 4.10. The fourth-order valence-corrected chi connectivity index (χ4v) is 4.27. The largest absolute Gasteiger partial charge is 0.497 e. The van der Waals surface area contributed by atoms with Crippen LogP contribution in [0.15, 0.2) is 36.4 Å². The van der Waals surface area contributed by atoms with Gasteiger partial charge in [0.05, 0.1) is 24.9 Å². The van der Waals surface area contributed by atoms with Gasteiger partial charge in [-0.05, 0) is 60.7 Å². The first-order valence-corrected chi connectivity index (χ1v) is 9.46. The van der Waals surface area contributed by atoms with Crippen molar-refractivity contribution in [2.75, 3.05) is 26.8 Å². The lowest BCUT2D eigenvalue weighted by Gasteiger charge is -2.45. The summed E-state index contributed by atoms with van der Waals surface area (Å²) in [6, 6.07) is 10.2. The SMILES string of the molecule is COc1ccc2c(c1)CCOC21CCN(C(=O)c2cc(Cl)ccc2F)CC1. The smallest absolute Gasteiger partial charge is 0.256 e. The molecular formula is C21H21ClFNO3. The first-order chi connectivity index (χ1) is 13.0. The van der Waals surface area contributed by atoms with Gasteiger partial charge in [0, 0.05) is 18.1 Å². The van der Waals surface area contributed by atoms with Gasteiger partial charge < -0.3 is 14.4 Å². The maximum Gasteiger partial charge on any atom is 0.256 e. The Bertz CT molecular complexity index is 878. The van der Waals surface area contributed by atoms with E-state index in [1.807, 2.05) is 6.07 Å². The summed E-state index contributed by atoms with van der Waals surface area (Å²) in [5.74, 6) is -0.0264. The molecule has 27 heavy (non-hydrogen) atoms. The topological polar surface area (TPSA) is 38.8 Å². The zero-order chi connectivity index (χ0) is 19.0. The number of fused-ring (bicyclic) bond motifs is 2. The van der Waals surface area contributed by atoms with E-state index in [2.05, 4.69) is 12.1 Å². The van der Waals surface area contributed by atoms with Gasteiger partial charge in [0.1, 0.15) is 11.6 Å². The number of carbonyl (C=O) groups is 1. The van der Waals surface area contributed by atoms with E-state index < -0.39 is 5.82 Å². The number of piperidine rings is 1. The normalized spacial score (nSPS) is 18.3. The van der Waals surface area contributed by atoms with E-state index in [0.717, 1.165) is 12.2 Å². The van der Waals surface area contributed by atoms with Crippen molar-refractivity contribution in [2.45, 2.75) is 24.9 Å². The van der Waals surface area contributed by atoms with E-state index >= 15 is 0 Å². The van der Waals surface area contributed by atoms with Gasteiger partial charge in [-0.1, -0.05) is 17.7 Å². The number of halogens is 2. The Labute approximate surface area is 162 Å². The summed E-state index contributed by atoms with van der Waals surface area (Å²) in [5.41, 5.74) is 2.05. The molecule has 1 spiro atoms. The van der Waals surface area contributed by atoms with Gasteiger partial charge in [0.25, 0.3) is 5.91 Å². The average molecular weight is 390 g/mol. The van der Waals surface area contributed by atoms with E-state index in [4.69, 9.17) is 21.1 Å². The molecule has 2 aliphatic heterocycles. The van der Waals surface area contributed by atoms with Crippen molar-refractivity contribution in [1.82, 2.24) is 4.90 Å². The summed E-state index contributed by atoms with van der Waals surface area (Å²) in [5, 5.41) is 0.353. The van der Waals surface area contributed by atoms with Crippen LogP contribution >= 0.6 is 11.6 Å². The van der Waals surface area contributed by atoms with Crippen LogP contribution in [0.5, 0.6) is 5.75 Å². The number of benzene rings is 2. The fraction of sp³-hybridized carbons (Fsp3) is 0.381. The standard InChI is InChI=1S/C21H21ClFNO3/c1-26-16-3-4-18-14(12-16)6-11-27-21(18)7-9-24(10-8-21)20(25)17-13-15(22)2-5-19(17)23/h2-5,12-13H,6-11H2,1H3. The van der Waals surface area contributed by atoms with Crippen molar-refractivity contribution in [3.05, 3.63) is 63.9 Å². The lowest BCUT2D eigenvalue weighted by Crippen LogP contribution is -2.48. The van der Waals surface area contributed by atoms with Crippen molar-refractivity contribution in [3.8, 4) is 5.75 Å². The predicted molar refractivity (Wildman–Crippen MR) is 101 cm³/mol. The van der Waals surface area contributed by atoms with Crippen LogP contribution in [0.1, 0.15) is 34.3 Å². The van der Waals surface area contributed by atoms with Crippen LogP contribution in [0, 0.1) is 5.82 Å². The first kappa shape index (κ1) is 18.3. The van der Waals surface area contributed by atoms with E-state index in [9.17, 15) is 9.18 Å². The molecular weight excluding hydrogens is 369 g/mol. The molecule has 4 nitrogen and oxygen atoms in total. The molecule has 0 N–H and O–H groups in total. The number of hydrogen-bond acceptors (Lipinski definition) is 3. The Hall–Kier alpha value is -2.11. The lowest BCUT2D eigenvalue weighted by molar-refractivity contribution is -0.0935. The Morgan fingerprint density at radius 3 is 2.74 bits per heavy atom. The van der Waals surface area contributed by atoms with Crippen LogP contribution in [0.2, 0.25) is 5.02 Å². The van der Waals surface area contributed by atoms with Gasteiger partial charge in [0.15, 0.2) is 0 Å². The Morgan fingerprint density at radius 2 is 2.00 bits per heavy atom. The minimum absolute atomic E-state index is 0.0214. The third-order valence-corrected chi connectivity index (χ3v) is 5.81. The molecule has 0 saturated carbocycles. The summed E-state index contributed by atoms with van der Waals surface area (Å²) in [7, 11) is 1.66. The molecule has 2 aliphatic rings. The highest BCUT2D eigenvalue weighted by molar-refractivity contribution is 6.31. The van der Waals surface area contributed by atoms with E-state index in [-0.39, 0.29) is 17.1 Å². The van der Waals surface area contributed by atoms with Gasteiger partial charge in [0.2, 0.25) is 0 Å². The minimum atomic E-state index is -0.545.